The van der Waals surface area contributed by atoms with Crippen LogP contribution in [-0.4, -0.2) is 79.0 Å². The Morgan fingerprint density at radius 1 is 1.00 bits per heavy atom. The Morgan fingerprint density at radius 2 is 1.65 bits per heavy atom. The molecule has 1 amide bonds. The summed E-state index contributed by atoms with van der Waals surface area (Å²) in [6.45, 7) is 18.3. The lowest BCUT2D eigenvalue weighted by molar-refractivity contribution is -0.0548. The number of amides is 1. The average Bonchev–Trinajstić information content (AvgIpc) is 3.56. The second-order valence-electron chi connectivity index (χ2n) is 13.8. The third-order valence-corrected chi connectivity index (χ3v) is 21.7. The first-order chi connectivity index (χ1) is 21.9. The number of aromatic nitrogens is 4. The number of imidazole rings is 1. The van der Waals surface area contributed by atoms with E-state index in [4.69, 9.17) is 27.4 Å². The van der Waals surface area contributed by atoms with Gasteiger partial charge in [-0.2, -0.15) is 0 Å². The highest BCUT2D eigenvalue weighted by atomic mass is 32.2. The fraction of sp³-hybridized carbons (Fsp3) is 0.625. The van der Waals surface area contributed by atoms with Gasteiger partial charge in [-0.05, 0) is 58.6 Å². The van der Waals surface area contributed by atoms with Crippen molar-refractivity contribution in [1.29, 1.82) is 0 Å². The molecule has 1 spiro atoms. The van der Waals surface area contributed by atoms with Crippen LogP contribution in [0.3, 0.4) is 0 Å². The van der Waals surface area contributed by atoms with E-state index in [-0.39, 0.29) is 45.0 Å². The lowest BCUT2D eigenvalue weighted by atomic mass is 9.94. The van der Waals surface area contributed by atoms with Gasteiger partial charge in [0.1, 0.15) is 18.2 Å². The van der Waals surface area contributed by atoms with Crippen molar-refractivity contribution in [1.82, 2.24) is 19.5 Å². The highest BCUT2D eigenvalue weighted by Gasteiger charge is 2.68. The minimum absolute atomic E-state index is 0.215. The summed E-state index contributed by atoms with van der Waals surface area (Å²) in [4.78, 5) is 26.8. The van der Waals surface area contributed by atoms with Crippen molar-refractivity contribution in [2.45, 2.75) is 107 Å². The van der Waals surface area contributed by atoms with Crippen LogP contribution in [0.5, 0.6) is 5.75 Å². The van der Waals surface area contributed by atoms with Crippen LogP contribution in [0, 0.1) is 0 Å². The Balaban J connectivity index is 1.37. The number of rotatable bonds is 8. The lowest BCUT2D eigenvalue weighted by Gasteiger charge is -2.54. The number of fused-ring (bicyclic) bond motifs is 3. The average molecular weight is 686 g/mol. The zero-order valence-corrected chi connectivity index (χ0v) is 31.1. The Kier molecular flexibility index (Phi) is 9.19. The molecule has 3 aliphatic rings. The summed E-state index contributed by atoms with van der Waals surface area (Å²) in [7, 11) is -3.95. The van der Waals surface area contributed by atoms with Crippen molar-refractivity contribution >= 4 is 51.8 Å². The highest BCUT2D eigenvalue weighted by molar-refractivity contribution is 8.02. The summed E-state index contributed by atoms with van der Waals surface area (Å²) in [5.74, 6) is 1.73. The van der Waals surface area contributed by atoms with Gasteiger partial charge in [-0.25, -0.2) is 15.0 Å². The smallest absolute Gasteiger partial charge is 0.335 e. The summed E-state index contributed by atoms with van der Waals surface area (Å²) in [5.41, 5.74) is 2.52. The Bertz CT molecular complexity index is 1550. The van der Waals surface area contributed by atoms with Crippen LogP contribution < -0.4 is 10.1 Å². The minimum atomic E-state index is -2.83. The van der Waals surface area contributed by atoms with Crippen molar-refractivity contribution in [3.8, 4) is 5.75 Å². The molecule has 6 rings (SSSR count). The molecule has 0 aliphatic carbocycles. The number of nitrogens with zero attached hydrogens (tertiary/aromatic N) is 4. The molecule has 3 aliphatic heterocycles. The van der Waals surface area contributed by atoms with Gasteiger partial charge < -0.3 is 27.8 Å². The second-order valence-corrected chi connectivity index (χ2v) is 24.1. The highest BCUT2D eigenvalue weighted by Crippen LogP contribution is 2.60. The molecule has 3 saturated heterocycles. The number of hydrogen-bond donors (Lipinski definition) is 1. The fourth-order valence-electron chi connectivity index (χ4n) is 7.33. The van der Waals surface area contributed by atoms with Crippen LogP contribution >= 0.6 is 11.8 Å². The van der Waals surface area contributed by atoms with Gasteiger partial charge in [0.05, 0.1) is 30.9 Å². The Morgan fingerprint density at radius 3 is 2.22 bits per heavy atom. The van der Waals surface area contributed by atoms with E-state index in [1.54, 1.807) is 37.7 Å². The van der Waals surface area contributed by atoms with Gasteiger partial charge in [-0.3, -0.25) is 9.36 Å². The van der Waals surface area contributed by atoms with Gasteiger partial charge >= 0.3 is 17.1 Å². The molecule has 2 aromatic heterocycles. The van der Waals surface area contributed by atoms with E-state index < -0.39 is 23.3 Å². The number of carbonyl (C=O) groups is 1. The van der Waals surface area contributed by atoms with Crippen molar-refractivity contribution in [3.63, 3.8) is 0 Å². The quantitative estimate of drug-likeness (QED) is 0.253. The van der Waals surface area contributed by atoms with Gasteiger partial charge in [0.15, 0.2) is 23.2 Å². The predicted molar refractivity (Wildman–Crippen MR) is 184 cm³/mol. The van der Waals surface area contributed by atoms with Crippen LogP contribution in [0.4, 0.5) is 5.82 Å². The van der Waals surface area contributed by atoms with Gasteiger partial charge in [0, 0.05) is 5.56 Å². The summed E-state index contributed by atoms with van der Waals surface area (Å²) in [5, 5.41) is 2.92. The van der Waals surface area contributed by atoms with E-state index in [1.807, 2.05) is 16.3 Å². The van der Waals surface area contributed by atoms with Gasteiger partial charge in [-0.1, -0.05) is 55.4 Å². The molecule has 46 heavy (non-hydrogen) atoms. The number of ether oxygens (including phenoxy) is 2. The molecule has 3 fully saturated rings. The normalized spacial score (nSPS) is 27.2. The van der Waals surface area contributed by atoms with Crippen LogP contribution in [0.2, 0.25) is 22.2 Å². The molecule has 3 aromatic rings. The van der Waals surface area contributed by atoms with Crippen molar-refractivity contribution in [2.24, 2.45) is 0 Å². The Labute approximate surface area is 278 Å². The SMILES string of the molecule is COc1ccc(C(=O)Nc2ncnc3c2ncn3[C@@H]2O[C@@H]3CO[Si](C(C)C)(C(C)C)O[Si](C(C)C)(C(C)C)O[C@H]3[C@]23CCS3)cc1. The van der Waals surface area contributed by atoms with E-state index in [2.05, 4.69) is 70.7 Å². The molecule has 0 radical (unpaired) electrons. The number of anilines is 1. The maximum Gasteiger partial charge on any atom is 0.335 e. The number of methoxy groups -OCH3 is 1. The largest absolute Gasteiger partial charge is 0.497 e. The molecular weight excluding hydrogens is 639 g/mol. The maximum absolute atomic E-state index is 13.1. The zero-order chi connectivity index (χ0) is 33.0. The molecule has 5 heterocycles. The molecule has 250 valence electrons. The first-order valence-electron chi connectivity index (χ1n) is 16.3. The molecule has 0 unspecified atom stereocenters. The number of nitrogens with one attached hydrogen (secondary N) is 1. The number of thioether (sulfide) groups is 1. The van der Waals surface area contributed by atoms with Crippen LogP contribution in [0.15, 0.2) is 36.9 Å². The zero-order valence-electron chi connectivity index (χ0n) is 28.3. The molecular formula is C32H47N5O6SSi2. The lowest BCUT2D eigenvalue weighted by Crippen LogP contribution is -2.67. The predicted octanol–water partition coefficient (Wildman–Crippen LogP) is 6.82. The Hall–Kier alpha value is -2.34. The standard InChI is InChI=1S/C32H47N5O6SSi2/c1-19(2)45(20(3)4)40-16-25-27(42-46(43-45,21(5)6)22(7)8)32(14-15-44-32)31(41-25)37-18-35-26-28(33-17-34-29(26)37)36-30(38)23-10-12-24(39-9)13-11-23/h10-13,17-22,25,27,31H,14-16H2,1-9H3,(H,33,34,36,38)/t25-,27-,31-,32-/m1/s1. The number of hydrogen-bond acceptors (Lipinski definition) is 10. The first-order valence-corrected chi connectivity index (χ1v) is 21.3. The monoisotopic (exact) mass is 685 g/mol. The van der Waals surface area contributed by atoms with Crippen molar-refractivity contribution < 1.29 is 27.2 Å². The first kappa shape index (κ1) is 33.6. The van der Waals surface area contributed by atoms with E-state index in [0.717, 1.165) is 12.2 Å². The molecule has 1 N–H and O–H groups in total. The summed E-state index contributed by atoms with van der Waals surface area (Å²) >= 11 is 1.88. The summed E-state index contributed by atoms with van der Waals surface area (Å²) < 4.78 is 35.9. The third-order valence-electron chi connectivity index (χ3n) is 9.92. The van der Waals surface area contributed by atoms with Crippen LogP contribution in [0.25, 0.3) is 11.2 Å². The fourth-order valence-corrected chi connectivity index (χ4v) is 20.0. The molecule has 0 saturated carbocycles. The minimum Gasteiger partial charge on any atom is -0.497 e. The van der Waals surface area contributed by atoms with Crippen molar-refractivity contribution in [3.05, 3.63) is 42.5 Å². The molecule has 4 atom stereocenters. The summed E-state index contributed by atoms with van der Waals surface area (Å²) in [6, 6.07) is 6.92. The van der Waals surface area contributed by atoms with E-state index in [9.17, 15) is 4.79 Å². The molecule has 1 aromatic carbocycles. The topological polar surface area (TPSA) is 119 Å². The number of benzene rings is 1. The van der Waals surface area contributed by atoms with Gasteiger partial charge in [0.25, 0.3) is 5.91 Å². The van der Waals surface area contributed by atoms with Crippen LogP contribution in [-0.2, 0) is 17.7 Å². The molecule has 14 heteroatoms. The van der Waals surface area contributed by atoms with Crippen LogP contribution in [0.1, 0.15) is 78.4 Å². The number of carbonyl (C=O) groups excluding carboxylic acids is 1. The maximum atomic E-state index is 13.1. The third kappa shape index (κ3) is 5.33. The van der Waals surface area contributed by atoms with Crippen molar-refractivity contribution in [2.75, 3.05) is 24.8 Å². The van der Waals surface area contributed by atoms with Gasteiger partial charge in [-0.15, -0.1) is 11.8 Å². The van der Waals surface area contributed by atoms with E-state index >= 15 is 0 Å². The van der Waals surface area contributed by atoms with E-state index in [1.165, 1.54) is 6.33 Å². The second kappa shape index (κ2) is 12.6. The van der Waals surface area contributed by atoms with Gasteiger partial charge in [0.2, 0.25) is 0 Å². The molecule has 11 nitrogen and oxygen atoms in total. The summed E-state index contributed by atoms with van der Waals surface area (Å²) in [6.07, 6.45) is 3.25. The molecule has 0 bridgehead atoms. The van der Waals surface area contributed by atoms with E-state index in [0.29, 0.717) is 34.9 Å².